The molecule has 0 radical (unpaired) electrons. The fourth-order valence-electron chi connectivity index (χ4n) is 5.85. The van der Waals surface area contributed by atoms with Crippen molar-refractivity contribution in [2.45, 2.75) is 115 Å². The van der Waals surface area contributed by atoms with Gasteiger partial charge in [0.15, 0.2) is 11.6 Å². The van der Waals surface area contributed by atoms with Gasteiger partial charge in [0.1, 0.15) is 11.6 Å². The number of unbranched alkanes of at least 4 members (excludes halogenated alkanes) is 1. The third kappa shape index (κ3) is 7.53. The van der Waals surface area contributed by atoms with Crippen molar-refractivity contribution in [1.29, 1.82) is 0 Å². The lowest BCUT2D eigenvalue weighted by Gasteiger charge is -2.31. The summed E-state index contributed by atoms with van der Waals surface area (Å²) in [6, 6.07) is 8.53. The van der Waals surface area contributed by atoms with Crippen molar-refractivity contribution in [2.75, 3.05) is 13.2 Å². The molecule has 2 aliphatic carbocycles. The van der Waals surface area contributed by atoms with Gasteiger partial charge in [-0.1, -0.05) is 38.5 Å². The van der Waals surface area contributed by atoms with E-state index in [2.05, 4.69) is 13.8 Å². The van der Waals surface area contributed by atoms with Crippen LogP contribution in [0.1, 0.15) is 113 Å². The molecule has 0 spiro atoms. The molecule has 0 aromatic heterocycles. The first-order valence-electron chi connectivity index (χ1n) is 14.6. The van der Waals surface area contributed by atoms with Crippen LogP contribution in [0.2, 0.25) is 0 Å². The maximum absolute atomic E-state index is 15.2. The number of hydrogen-bond acceptors (Lipinski definition) is 3. The fraction of sp³-hybridized carbons (Fsp3) is 0.625. The molecule has 0 N–H and O–H groups in total. The summed E-state index contributed by atoms with van der Waals surface area (Å²) in [7, 11) is 0. The Kier molecular flexibility index (Phi) is 10.9. The molecule has 210 valence electrons. The number of hydrogen-bond donors (Lipinski definition) is 0. The van der Waals surface area contributed by atoms with Crippen molar-refractivity contribution in [3.05, 3.63) is 64.5 Å². The molecule has 38 heavy (non-hydrogen) atoms. The zero-order valence-electron chi connectivity index (χ0n) is 23.0. The standard InChI is InChI=1S/C32H43F3O3/c1-3-5-19-37-27-15-10-24(30(33)20-27)21-38-26-13-8-23(9-14-26)29-17-16-28(31(34)32(29)35)22-6-11-25(12-7-22)36-18-4-2/h10,15-17,20,22-23,25-26H,3-9,11-14,18-19,21H2,1-2H3. The van der Waals surface area contributed by atoms with E-state index in [1.54, 1.807) is 18.2 Å². The number of benzene rings is 2. The molecule has 2 fully saturated rings. The highest BCUT2D eigenvalue weighted by Crippen LogP contribution is 2.40. The van der Waals surface area contributed by atoms with Crippen molar-refractivity contribution >= 4 is 0 Å². The van der Waals surface area contributed by atoms with E-state index in [1.165, 1.54) is 6.07 Å². The number of ether oxygens (including phenoxy) is 3. The lowest BCUT2D eigenvalue weighted by molar-refractivity contribution is 0.0118. The van der Waals surface area contributed by atoms with Gasteiger partial charge in [0.25, 0.3) is 0 Å². The average molecular weight is 533 g/mol. The van der Waals surface area contributed by atoms with Crippen LogP contribution in [0.5, 0.6) is 5.75 Å². The zero-order chi connectivity index (χ0) is 26.9. The third-order valence-corrected chi connectivity index (χ3v) is 8.19. The van der Waals surface area contributed by atoms with Crippen LogP contribution in [-0.2, 0) is 16.1 Å². The minimum Gasteiger partial charge on any atom is -0.493 e. The van der Waals surface area contributed by atoms with E-state index in [-0.39, 0.29) is 36.5 Å². The highest BCUT2D eigenvalue weighted by Gasteiger charge is 2.30. The van der Waals surface area contributed by atoms with E-state index in [0.717, 1.165) is 77.2 Å². The lowest BCUT2D eigenvalue weighted by Crippen LogP contribution is -2.23. The van der Waals surface area contributed by atoms with Gasteiger partial charge in [-0.2, -0.15) is 0 Å². The molecular formula is C32H43F3O3. The lowest BCUT2D eigenvalue weighted by atomic mass is 9.79. The topological polar surface area (TPSA) is 27.7 Å². The number of halogens is 3. The van der Waals surface area contributed by atoms with Crippen LogP contribution in [0.4, 0.5) is 13.2 Å². The van der Waals surface area contributed by atoms with Crippen LogP contribution in [-0.4, -0.2) is 25.4 Å². The molecule has 0 saturated heterocycles. The highest BCUT2D eigenvalue weighted by atomic mass is 19.2. The molecule has 6 heteroatoms. The van der Waals surface area contributed by atoms with Crippen molar-refractivity contribution in [1.82, 2.24) is 0 Å². The Labute approximate surface area is 226 Å². The van der Waals surface area contributed by atoms with E-state index in [0.29, 0.717) is 29.0 Å². The minimum atomic E-state index is -0.681. The molecule has 2 aromatic rings. The Morgan fingerprint density at radius 3 is 1.79 bits per heavy atom. The maximum atomic E-state index is 15.2. The van der Waals surface area contributed by atoms with Gasteiger partial charge in [0.05, 0.1) is 25.4 Å². The zero-order valence-corrected chi connectivity index (χ0v) is 23.0. The van der Waals surface area contributed by atoms with Crippen LogP contribution in [0, 0.1) is 17.5 Å². The van der Waals surface area contributed by atoms with E-state index in [1.807, 2.05) is 6.07 Å². The average Bonchev–Trinajstić information content (AvgIpc) is 2.94. The molecule has 2 saturated carbocycles. The smallest absolute Gasteiger partial charge is 0.162 e. The molecule has 0 atom stereocenters. The van der Waals surface area contributed by atoms with Gasteiger partial charge < -0.3 is 14.2 Å². The number of rotatable bonds is 12. The monoisotopic (exact) mass is 532 g/mol. The first-order chi connectivity index (χ1) is 18.5. The van der Waals surface area contributed by atoms with Crippen LogP contribution in [0.3, 0.4) is 0 Å². The second-order valence-corrected chi connectivity index (χ2v) is 11.0. The van der Waals surface area contributed by atoms with Gasteiger partial charge in [-0.05, 0) is 93.2 Å². The van der Waals surface area contributed by atoms with Gasteiger partial charge >= 0.3 is 0 Å². The van der Waals surface area contributed by atoms with Gasteiger partial charge in [-0.15, -0.1) is 0 Å². The Morgan fingerprint density at radius 2 is 1.26 bits per heavy atom. The SMILES string of the molecule is CCCCOc1ccc(COC2CCC(c3ccc(C4CCC(OCCC)CC4)c(F)c3F)CC2)c(F)c1. The van der Waals surface area contributed by atoms with Crippen LogP contribution in [0.25, 0.3) is 0 Å². The molecule has 0 aliphatic heterocycles. The maximum Gasteiger partial charge on any atom is 0.162 e. The molecule has 0 bridgehead atoms. The molecule has 0 unspecified atom stereocenters. The van der Waals surface area contributed by atoms with E-state index < -0.39 is 11.6 Å². The fourth-order valence-corrected chi connectivity index (χ4v) is 5.85. The largest absolute Gasteiger partial charge is 0.493 e. The van der Waals surface area contributed by atoms with Crippen molar-refractivity contribution in [2.24, 2.45) is 0 Å². The van der Waals surface area contributed by atoms with E-state index >= 15 is 8.78 Å². The van der Waals surface area contributed by atoms with Gasteiger partial charge in [-0.3, -0.25) is 0 Å². The van der Waals surface area contributed by atoms with Crippen molar-refractivity contribution < 1.29 is 27.4 Å². The van der Waals surface area contributed by atoms with Crippen molar-refractivity contribution in [3.8, 4) is 5.75 Å². The van der Waals surface area contributed by atoms with Crippen molar-refractivity contribution in [3.63, 3.8) is 0 Å². The van der Waals surface area contributed by atoms with E-state index in [9.17, 15) is 4.39 Å². The Bertz CT molecular complexity index is 1010. The summed E-state index contributed by atoms with van der Waals surface area (Å²) < 4.78 is 62.2. The Hall–Kier alpha value is -2.05. The van der Waals surface area contributed by atoms with Crippen LogP contribution in [0.15, 0.2) is 30.3 Å². The quantitative estimate of drug-likeness (QED) is 0.255. The summed E-state index contributed by atoms with van der Waals surface area (Å²) in [6.45, 7) is 5.72. The van der Waals surface area contributed by atoms with Gasteiger partial charge in [-0.25, -0.2) is 13.2 Å². The highest BCUT2D eigenvalue weighted by molar-refractivity contribution is 5.32. The Balaban J connectivity index is 1.26. The Morgan fingerprint density at radius 1 is 0.684 bits per heavy atom. The second-order valence-electron chi connectivity index (χ2n) is 11.0. The molecular weight excluding hydrogens is 489 g/mol. The molecule has 4 rings (SSSR count). The van der Waals surface area contributed by atoms with Gasteiger partial charge in [0, 0.05) is 18.2 Å². The summed E-state index contributed by atoms with van der Waals surface area (Å²) in [5, 5.41) is 0. The summed E-state index contributed by atoms with van der Waals surface area (Å²) in [5.41, 5.74) is 1.50. The predicted molar refractivity (Wildman–Crippen MR) is 144 cm³/mol. The van der Waals surface area contributed by atoms with Gasteiger partial charge in [0.2, 0.25) is 0 Å². The summed E-state index contributed by atoms with van der Waals surface area (Å²) >= 11 is 0. The molecule has 2 aliphatic rings. The molecule has 0 heterocycles. The second kappa shape index (κ2) is 14.4. The van der Waals surface area contributed by atoms with Crippen LogP contribution >= 0.6 is 0 Å². The summed E-state index contributed by atoms with van der Waals surface area (Å²) in [6.07, 6.45) is 9.62. The summed E-state index contributed by atoms with van der Waals surface area (Å²) in [4.78, 5) is 0. The summed E-state index contributed by atoms with van der Waals surface area (Å²) in [5.74, 6) is -1.10. The third-order valence-electron chi connectivity index (χ3n) is 8.19. The van der Waals surface area contributed by atoms with Crippen LogP contribution < -0.4 is 4.74 Å². The van der Waals surface area contributed by atoms with E-state index in [4.69, 9.17) is 14.2 Å². The normalized spacial score (nSPS) is 23.9. The first kappa shape index (κ1) is 28.9. The minimum absolute atomic E-state index is 0.0107. The molecule has 2 aromatic carbocycles. The first-order valence-corrected chi connectivity index (χ1v) is 14.6. The molecule has 0 amide bonds. The molecule has 3 nitrogen and oxygen atoms in total. The predicted octanol–water partition coefficient (Wildman–Crippen LogP) is 8.98.